The van der Waals surface area contributed by atoms with Gasteiger partial charge in [-0.25, -0.2) is 0 Å². The molecule has 2 amide bonds. The van der Waals surface area contributed by atoms with Crippen LogP contribution in [0.1, 0.15) is 46.6 Å². The van der Waals surface area contributed by atoms with Crippen LogP contribution in [-0.2, 0) is 24.4 Å². The molecule has 1 heterocycles. The lowest BCUT2D eigenvalue weighted by molar-refractivity contribution is -0.133. The topological polar surface area (TPSA) is 54.8 Å². The fourth-order valence-corrected chi connectivity index (χ4v) is 4.75. The fourth-order valence-electron chi connectivity index (χ4n) is 4.75. The van der Waals surface area contributed by atoms with Gasteiger partial charge in [0, 0.05) is 37.1 Å². The minimum absolute atomic E-state index is 0.0221. The summed E-state index contributed by atoms with van der Waals surface area (Å²) in [7, 11) is 1.67. The van der Waals surface area contributed by atoms with E-state index in [2.05, 4.69) is 30.5 Å². The summed E-state index contributed by atoms with van der Waals surface area (Å²) in [5, 5.41) is 0. The van der Waals surface area contributed by atoms with Gasteiger partial charge in [-0.3, -0.25) is 9.59 Å². The molecule has 0 N–H and O–H groups in total. The molecule has 0 bridgehead atoms. The second-order valence-corrected chi connectivity index (χ2v) is 10.7. The van der Waals surface area contributed by atoms with Gasteiger partial charge < -0.3 is 19.1 Å². The minimum atomic E-state index is -0.122. The highest BCUT2D eigenvalue weighted by Gasteiger charge is 2.24. The number of methoxy groups -OCH3 is 1. The molecule has 0 radical (unpaired) electrons. The molecule has 0 unspecified atom stereocenters. The number of aromatic nitrogens is 1. The van der Waals surface area contributed by atoms with Crippen LogP contribution >= 0.6 is 0 Å². The van der Waals surface area contributed by atoms with Crippen molar-refractivity contribution in [3.05, 3.63) is 125 Å². The van der Waals surface area contributed by atoms with Crippen LogP contribution in [0.5, 0.6) is 5.75 Å². The van der Waals surface area contributed by atoms with Crippen molar-refractivity contribution in [2.75, 3.05) is 20.2 Å². The van der Waals surface area contributed by atoms with Crippen molar-refractivity contribution in [1.82, 2.24) is 14.4 Å². The molecule has 3 aromatic carbocycles. The average Bonchev–Trinajstić information content (AvgIpc) is 3.39. The Morgan fingerprint density at radius 2 is 1.55 bits per heavy atom. The van der Waals surface area contributed by atoms with Crippen LogP contribution in [0.25, 0.3) is 0 Å². The highest BCUT2D eigenvalue weighted by Crippen LogP contribution is 2.18. The van der Waals surface area contributed by atoms with Gasteiger partial charge in [0.05, 0.1) is 13.7 Å². The molecule has 0 aliphatic heterocycles. The van der Waals surface area contributed by atoms with Crippen LogP contribution in [0.2, 0.25) is 0 Å². The van der Waals surface area contributed by atoms with Gasteiger partial charge >= 0.3 is 0 Å². The zero-order valence-electron chi connectivity index (χ0n) is 23.9. The Labute approximate surface area is 237 Å². The summed E-state index contributed by atoms with van der Waals surface area (Å²) in [6.45, 7) is 8.20. The Balaban J connectivity index is 1.57. The van der Waals surface area contributed by atoms with E-state index in [4.69, 9.17) is 4.74 Å². The molecule has 0 aliphatic rings. The number of hydrogen-bond donors (Lipinski definition) is 0. The summed E-state index contributed by atoms with van der Waals surface area (Å²) in [6.07, 6.45) is 2.03. The quantitative estimate of drug-likeness (QED) is 0.217. The van der Waals surface area contributed by atoms with Gasteiger partial charge in [-0.1, -0.05) is 74.0 Å². The number of carbonyl (C=O) groups excluding carboxylic acids is 2. The molecular weight excluding hydrogens is 498 g/mol. The van der Waals surface area contributed by atoms with Gasteiger partial charge in [0.15, 0.2) is 0 Å². The normalized spacial score (nSPS) is 10.9. The van der Waals surface area contributed by atoms with Crippen LogP contribution < -0.4 is 4.74 Å². The van der Waals surface area contributed by atoms with Gasteiger partial charge in [-0.15, -0.1) is 0 Å². The summed E-state index contributed by atoms with van der Waals surface area (Å²) in [6, 6.07) is 29.6. The first-order valence-corrected chi connectivity index (χ1v) is 13.8. The maximum Gasteiger partial charge on any atom is 0.254 e. The highest BCUT2D eigenvalue weighted by atomic mass is 16.5. The first kappa shape index (κ1) is 28.7. The van der Waals surface area contributed by atoms with Crippen LogP contribution in [-0.4, -0.2) is 46.4 Å². The van der Waals surface area contributed by atoms with Crippen LogP contribution in [0.15, 0.2) is 97.2 Å². The van der Waals surface area contributed by atoms with Crippen molar-refractivity contribution in [2.45, 2.75) is 40.4 Å². The van der Waals surface area contributed by atoms with Gasteiger partial charge in [0.25, 0.3) is 5.91 Å². The average molecular weight is 538 g/mol. The lowest BCUT2D eigenvalue weighted by atomic mass is 10.1. The van der Waals surface area contributed by atoms with E-state index in [1.165, 1.54) is 0 Å². The summed E-state index contributed by atoms with van der Waals surface area (Å²) in [5.41, 5.74) is 4.87. The molecule has 0 aliphatic carbocycles. The fraction of sp³-hybridized carbons (Fsp3) is 0.294. The number of ether oxygens (including phenoxy) is 1. The molecule has 0 spiro atoms. The third-order valence-corrected chi connectivity index (χ3v) is 6.83. The van der Waals surface area contributed by atoms with Gasteiger partial charge in [0.2, 0.25) is 5.91 Å². The maximum absolute atomic E-state index is 13.9. The summed E-state index contributed by atoms with van der Waals surface area (Å²) < 4.78 is 7.55. The van der Waals surface area contributed by atoms with Crippen molar-refractivity contribution in [3.63, 3.8) is 0 Å². The van der Waals surface area contributed by atoms with Crippen LogP contribution in [0.3, 0.4) is 0 Å². The monoisotopic (exact) mass is 537 g/mol. The zero-order valence-corrected chi connectivity index (χ0v) is 23.9. The van der Waals surface area contributed by atoms with Crippen LogP contribution in [0, 0.1) is 12.8 Å². The summed E-state index contributed by atoms with van der Waals surface area (Å²) >= 11 is 0. The number of amides is 2. The van der Waals surface area contributed by atoms with E-state index in [0.29, 0.717) is 31.7 Å². The molecule has 0 saturated carbocycles. The van der Waals surface area contributed by atoms with Crippen molar-refractivity contribution in [1.29, 1.82) is 0 Å². The third-order valence-electron chi connectivity index (χ3n) is 6.83. The molecule has 4 rings (SSSR count). The van der Waals surface area contributed by atoms with E-state index in [0.717, 1.165) is 28.1 Å². The standard InChI is InChI=1S/C34H39N3O3/c1-26(2)21-37(34(39)30-17-15-27(3)16-18-30)25-33(38)36(22-28-10-6-5-7-11-28)24-31-13-9-19-35(31)23-29-12-8-14-32(20-29)40-4/h5-20,26H,21-25H2,1-4H3. The molecule has 0 atom stereocenters. The van der Waals surface area contributed by atoms with E-state index in [9.17, 15) is 9.59 Å². The number of hydrogen-bond acceptors (Lipinski definition) is 3. The van der Waals surface area contributed by atoms with Gasteiger partial charge in [0.1, 0.15) is 12.3 Å². The van der Waals surface area contributed by atoms with Crippen molar-refractivity contribution >= 4 is 11.8 Å². The van der Waals surface area contributed by atoms with Crippen LogP contribution in [0.4, 0.5) is 0 Å². The maximum atomic E-state index is 13.9. The Morgan fingerprint density at radius 3 is 2.25 bits per heavy atom. The van der Waals surface area contributed by atoms with E-state index in [1.807, 2.05) is 96.9 Å². The number of carbonyl (C=O) groups is 2. The largest absolute Gasteiger partial charge is 0.497 e. The first-order chi connectivity index (χ1) is 19.3. The lowest BCUT2D eigenvalue weighted by Crippen LogP contribution is -2.44. The van der Waals surface area contributed by atoms with Gasteiger partial charge in [-0.2, -0.15) is 0 Å². The Bertz CT molecular complexity index is 1390. The smallest absolute Gasteiger partial charge is 0.254 e. The van der Waals surface area contributed by atoms with E-state index >= 15 is 0 Å². The molecule has 1 aromatic heterocycles. The molecule has 40 heavy (non-hydrogen) atoms. The minimum Gasteiger partial charge on any atom is -0.497 e. The van der Waals surface area contributed by atoms with Crippen molar-refractivity contribution in [3.8, 4) is 5.75 Å². The van der Waals surface area contributed by atoms with E-state index < -0.39 is 0 Å². The SMILES string of the molecule is COc1cccc(Cn2cccc2CN(Cc2ccccc2)C(=O)CN(CC(C)C)C(=O)c2ccc(C)cc2)c1. The molecule has 4 aromatic rings. The Morgan fingerprint density at radius 1 is 0.825 bits per heavy atom. The second kappa shape index (κ2) is 13.7. The Kier molecular flexibility index (Phi) is 9.79. The molecule has 6 heteroatoms. The van der Waals surface area contributed by atoms with E-state index in [-0.39, 0.29) is 24.3 Å². The number of rotatable bonds is 12. The predicted molar refractivity (Wildman–Crippen MR) is 159 cm³/mol. The van der Waals surface area contributed by atoms with Gasteiger partial charge in [-0.05, 0) is 60.4 Å². The van der Waals surface area contributed by atoms with Crippen molar-refractivity contribution in [2.24, 2.45) is 5.92 Å². The third kappa shape index (κ3) is 7.85. The number of benzene rings is 3. The molecule has 6 nitrogen and oxygen atoms in total. The first-order valence-electron chi connectivity index (χ1n) is 13.8. The predicted octanol–water partition coefficient (Wildman–Crippen LogP) is 6.18. The molecular formula is C34H39N3O3. The molecule has 0 fully saturated rings. The molecule has 0 saturated heterocycles. The number of aryl methyl sites for hydroxylation is 1. The highest BCUT2D eigenvalue weighted by molar-refractivity contribution is 5.96. The van der Waals surface area contributed by atoms with Crippen molar-refractivity contribution < 1.29 is 14.3 Å². The summed E-state index contributed by atoms with van der Waals surface area (Å²) in [5.74, 6) is 0.836. The lowest BCUT2D eigenvalue weighted by Gasteiger charge is -2.29. The Hall–Kier alpha value is -4.32. The zero-order chi connectivity index (χ0) is 28.5. The second-order valence-electron chi connectivity index (χ2n) is 10.7. The molecule has 208 valence electrons. The van der Waals surface area contributed by atoms with E-state index in [1.54, 1.807) is 12.0 Å². The summed E-state index contributed by atoms with van der Waals surface area (Å²) in [4.78, 5) is 30.9. The number of nitrogens with zero attached hydrogens (tertiary/aromatic N) is 3.